The average molecular weight is 411 g/mol. The zero-order chi connectivity index (χ0) is 21.3. The molecule has 158 valence electrons. The maximum atomic E-state index is 12.6. The van der Waals surface area contributed by atoms with Gasteiger partial charge < -0.3 is 19.8 Å². The topological polar surface area (TPSA) is 122 Å². The van der Waals surface area contributed by atoms with Gasteiger partial charge in [-0.15, -0.1) is 0 Å². The van der Waals surface area contributed by atoms with Crippen molar-refractivity contribution in [3.63, 3.8) is 0 Å². The zero-order valence-electron chi connectivity index (χ0n) is 17.2. The van der Waals surface area contributed by atoms with Crippen molar-refractivity contribution < 1.29 is 14.3 Å². The second kappa shape index (κ2) is 7.91. The summed E-state index contributed by atoms with van der Waals surface area (Å²) in [7, 11) is 2.90. The number of aromatic nitrogens is 4. The van der Waals surface area contributed by atoms with Gasteiger partial charge in [0.1, 0.15) is 5.82 Å². The van der Waals surface area contributed by atoms with Crippen LogP contribution in [0.2, 0.25) is 0 Å². The Balaban J connectivity index is 1.71. The molecule has 0 atom stereocenters. The molecule has 0 aliphatic heterocycles. The van der Waals surface area contributed by atoms with Gasteiger partial charge in [-0.25, -0.2) is 9.78 Å². The Morgan fingerprint density at radius 3 is 2.63 bits per heavy atom. The number of carbonyl (C=O) groups is 1. The molecule has 9 nitrogen and oxygen atoms in total. The number of nitrogens with one attached hydrogen (secondary N) is 3. The number of nitrogens with zero attached hydrogens (tertiary/aromatic N) is 2. The van der Waals surface area contributed by atoms with Gasteiger partial charge in [-0.2, -0.15) is 5.10 Å². The Hall–Kier alpha value is -3.20. The van der Waals surface area contributed by atoms with Gasteiger partial charge in [0.25, 0.3) is 5.56 Å². The summed E-state index contributed by atoms with van der Waals surface area (Å²) in [5.41, 5.74) is 0.545. The zero-order valence-corrected chi connectivity index (χ0v) is 17.2. The van der Waals surface area contributed by atoms with Crippen LogP contribution in [0.5, 0.6) is 0 Å². The molecule has 30 heavy (non-hydrogen) atoms. The highest BCUT2D eigenvalue weighted by molar-refractivity contribution is 5.87. The first-order valence-corrected chi connectivity index (χ1v) is 9.91. The van der Waals surface area contributed by atoms with E-state index in [-0.39, 0.29) is 17.4 Å². The summed E-state index contributed by atoms with van der Waals surface area (Å²) in [4.78, 5) is 32.4. The fraction of sp³-hybridized carbons (Fsp3) is 0.429. The third-order valence-corrected chi connectivity index (χ3v) is 5.87. The summed E-state index contributed by atoms with van der Waals surface area (Å²) in [6, 6.07) is 5.59. The number of ether oxygens (including phenoxy) is 2. The van der Waals surface area contributed by atoms with Crippen LogP contribution in [-0.2, 0) is 14.3 Å². The van der Waals surface area contributed by atoms with Crippen LogP contribution in [0.15, 0.2) is 29.2 Å². The number of aromatic amines is 2. The molecule has 3 heterocycles. The Morgan fingerprint density at radius 2 is 2.00 bits per heavy atom. The lowest BCUT2D eigenvalue weighted by atomic mass is 9.76. The number of esters is 1. The van der Waals surface area contributed by atoms with Crippen LogP contribution in [0.3, 0.4) is 0 Å². The first-order valence-electron chi connectivity index (χ1n) is 9.91. The van der Waals surface area contributed by atoms with Crippen molar-refractivity contribution in [1.29, 1.82) is 0 Å². The third-order valence-electron chi connectivity index (χ3n) is 5.87. The van der Waals surface area contributed by atoms with Crippen LogP contribution in [0.25, 0.3) is 10.8 Å². The van der Waals surface area contributed by atoms with E-state index in [0.29, 0.717) is 42.7 Å². The van der Waals surface area contributed by atoms with Crippen LogP contribution in [0, 0.1) is 6.92 Å². The standard InChI is InChI=1S/C21H25N5O4/c1-12-10-16(26-25-12)23-15-11-14-6-9-22-19(27)17(14)18(24-15)13-4-7-21(30-3,8-5-13)20(28)29-2/h6,9-11,13H,4-5,7-8H2,1-3H3,(H,22,27)(H2,23,24,25,26). The number of pyridine rings is 2. The van der Waals surface area contributed by atoms with Gasteiger partial charge in [-0.05, 0) is 50.1 Å². The molecule has 0 radical (unpaired) electrons. The molecule has 3 N–H and O–H groups in total. The van der Waals surface area contributed by atoms with E-state index >= 15 is 0 Å². The lowest BCUT2D eigenvalue weighted by Crippen LogP contribution is -2.44. The molecular weight excluding hydrogens is 386 g/mol. The summed E-state index contributed by atoms with van der Waals surface area (Å²) in [5.74, 6) is 0.934. The molecule has 3 aromatic heterocycles. The molecule has 1 aliphatic carbocycles. The van der Waals surface area contributed by atoms with Gasteiger partial charge >= 0.3 is 5.97 Å². The minimum Gasteiger partial charge on any atom is -0.467 e. The van der Waals surface area contributed by atoms with Crippen molar-refractivity contribution in [1.82, 2.24) is 20.2 Å². The SMILES string of the molecule is COC(=O)C1(OC)CCC(c2nc(Nc3cc(C)[nH]n3)cc3cc[nH]c(=O)c23)CC1. The van der Waals surface area contributed by atoms with Crippen molar-refractivity contribution in [2.45, 2.75) is 44.1 Å². The number of aryl methyl sites for hydroxylation is 1. The maximum Gasteiger partial charge on any atom is 0.338 e. The van der Waals surface area contributed by atoms with Crippen molar-refractivity contribution in [3.8, 4) is 0 Å². The summed E-state index contributed by atoms with van der Waals surface area (Å²) >= 11 is 0. The Labute approximate surface area is 173 Å². The summed E-state index contributed by atoms with van der Waals surface area (Å²) < 4.78 is 10.5. The molecule has 0 amide bonds. The number of fused-ring (bicyclic) bond motifs is 1. The van der Waals surface area contributed by atoms with Gasteiger partial charge in [0.15, 0.2) is 11.4 Å². The van der Waals surface area contributed by atoms with Crippen molar-refractivity contribution in [3.05, 3.63) is 46.1 Å². The average Bonchev–Trinajstić information content (AvgIpc) is 3.17. The van der Waals surface area contributed by atoms with Crippen molar-refractivity contribution in [2.24, 2.45) is 0 Å². The molecule has 3 aromatic rings. The van der Waals surface area contributed by atoms with E-state index in [0.717, 1.165) is 16.8 Å². The number of rotatable bonds is 5. The maximum absolute atomic E-state index is 12.6. The smallest absolute Gasteiger partial charge is 0.338 e. The minimum absolute atomic E-state index is 0.0200. The van der Waals surface area contributed by atoms with E-state index < -0.39 is 5.60 Å². The molecule has 1 saturated carbocycles. The monoisotopic (exact) mass is 411 g/mol. The molecule has 0 aromatic carbocycles. The summed E-state index contributed by atoms with van der Waals surface area (Å²) in [6.07, 6.45) is 3.95. The van der Waals surface area contributed by atoms with E-state index in [1.54, 1.807) is 6.20 Å². The van der Waals surface area contributed by atoms with E-state index in [9.17, 15) is 9.59 Å². The number of methoxy groups -OCH3 is 2. The number of hydrogen-bond donors (Lipinski definition) is 3. The Kier molecular flexibility index (Phi) is 5.29. The van der Waals surface area contributed by atoms with Crippen LogP contribution in [0.4, 0.5) is 11.6 Å². The molecule has 1 aliphatic rings. The fourth-order valence-electron chi connectivity index (χ4n) is 4.25. The second-order valence-electron chi connectivity index (χ2n) is 7.69. The highest BCUT2D eigenvalue weighted by Crippen LogP contribution is 2.41. The highest BCUT2D eigenvalue weighted by Gasteiger charge is 2.44. The predicted octanol–water partition coefficient (Wildman–Crippen LogP) is 2.91. The molecule has 0 spiro atoms. The van der Waals surface area contributed by atoms with Gasteiger partial charge in [-0.1, -0.05) is 0 Å². The van der Waals surface area contributed by atoms with Gasteiger partial charge in [0, 0.05) is 31.0 Å². The van der Waals surface area contributed by atoms with Gasteiger partial charge in [0.05, 0.1) is 18.2 Å². The fourth-order valence-corrected chi connectivity index (χ4v) is 4.25. The largest absolute Gasteiger partial charge is 0.467 e. The second-order valence-corrected chi connectivity index (χ2v) is 7.69. The number of anilines is 2. The lowest BCUT2D eigenvalue weighted by Gasteiger charge is -2.36. The number of carbonyl (C=O) groups excluding carboxylic acids is 1. The molecule has 4 rings (SSSR count). The Bertz CT molecular complexity index is 1130. The van der Waals surface area contributed by atoms with Crippen LogP contribution in [0.1, 0.15) is 43.0 Å². The number of hydrogen-bond acceptors (Lipinski definition) is 7. The highest BCUT2D eigenvalue weighted by atomic mass is 16.6. The lowest BCUT2D eigenvalue weighted by molar-refractivity contribution is -0.170. The van der Waals surface area contributed by atoms with E-state index in [1.165, 1.54) is 14.2 Å². The molecule has 0 unspecified atom stereocenters. The van der Waals surface area contributed by atoms with E-state index in [4.69, 9.17) is 14.5 Å². The summed E-state index contributed by atoms with van der Waals surface area (Å²) in [6.45, 7) is 1.92. The predicted molar refractivity (Wildman–Crippen MR) is 112 cm³/mol. The first kappa shape index (κ1) is 20.1. The minimum atomic E-state index is -0.935. The first-order chi connectivity index (χ1) is 14.5. The van der Waals surface area contributed by atoms with Gasteiger partial charge in [0.2, 0.25) is 0 Å². The molecule has 1 fully saturated rings. The van der Waals surface area contributed by atoms with Crippen LogP contribution >= 0.6 is 0 Å². The molecule has 9 heteroatoms. The van der Waals surface area contributed by atoms with E-state index in [1.807, 2.05) is 25.1 Å². The van der Waals surface area contributed by atoms with Crippen molar-refractivity contribution in [2.75, 3.05) is 19.5 Å². The number of H-pyrrole nitrogens is 2. The quantitative estimate of drug-likeness (QED) is 0.552. The molecule has 0 saturated heterocycles. The Morgan fingerprint density at radius 1 is 1.23 bits per heavy atom. The molecular formula is C21H25N5O4. The summed E-state index contributed by atoms with van der Waals surface area (Å²) in [5, 5.41) is 11.7. The third kappa shape index (κ3) is 3.56. The molecule has 0 bridgehead atoms. The van der Waals surface area contributed by atoms with Crippen LogP contribution < -0.4 is 10.9 Å². The van der Waals surface area contributed by atoms with Crippen LogP contribution in [-0.4, -0.2) is 46.0 Å². The van der Waals surface area contributed by atoms with Crippen molar-refractivity contribution >= 4 is 28.4 Å². The van der Waals surface area contributed by atoms with Gasteiger partial charge in [-0.3, -0.25) is 9.89 Å². The van der Waals surface area contributed by atoms with E-state index in [2.05, 4.69) is 20.5 Å². The normalized spacial score (nSPS) is 21.5.